The van der Waals surface area contributed by atoms with Crippen molar-refractivity contribution in [2.24, 2.45) is 0 Å². The number of ether oxygens (including phenoxy) is 1. The fourth-order valence-corrected chi connectivity index (χ4v) is 2.04. The summed E-state index contributed by atoms with van der Waals surface area (Å²) in [5.41, 5.74) is 3.87. The molecular formula is C13H21NOS. The minimum absolute atomic E-state index is 0.879. The van der Waals surface area contributed by atoms with Crippen LogP contribution in [0.3, 0.4) is 0 Å². The summed E-state index contributed by atoms with van der Waals surface area (Å²) in [7, 11) is 1.73. The molecule has 0 aliphatic rings. The second-order valence-corrected chi connectivity index (χ2v) is 4.43. The minimum atomic E-state index is 0.879. The number of rotatable bonds is 6. The number of methoxy groups -OCH3 is 1. The molecule has 0 atom stereocenters. The summed E-state index contributed by atoms with van der Waals surface area (Å²) in [5.74, 6) is 1.88. The van der Waals surface area contributed by atoms with Gasteiger partial charge in [-0.3, -0.25) is 0 Å². The van der Waals surface area contributed by atoms with Crippen LogP contribution in [-0.4, -0.2) is 26.0 Å². The molecule has 3 heteroatoms. The molecule has 0 aliphatic heterocycles. The Balaban J connectivity index is 2.70. The van der Waals surface area contributed by atoms with E-state index < -0.39 is 0 Å². The first-order valence-corrected chi connectivity index (χ1v) is 6.28. The maximum atomic E-state index is 5.42. The molecule has 16 heavy (non-hydrogen) atoms. The molecular weight excluding hydrogens is 218 g/mol. The zero-order valence-corrected chi connectivity index (χ0v) is 11.2. The Morgan fingerprint density at radius 1 is 1.25 bits per heavy atom. The third-order valence-electron chi connectivity index (χ3n) is 2.64. The Bertz CT molecular complexity index is 339. The largest absolute Gasteiger partial charge is 0.496 e. The van der Waals surface area contributed by atoms with Crippen LogP contribution in [0, 0.1) is 13.8 Å². The van der Waals surface area contributed by atoms with E-state index in [9.17, 15) is 0 Å². The van der Waals surface area contributed by atoms with E-state index >= 15 is 0 Å². The summed E-state index contributed by atoms with van der Waals surface area (Å²) in [6, 6.07) is 4.30. The molecule has 0 heterocycles. The predicted octanol–water partition coefficient (Wildman–Crippen LogP) is 2.37. The van der Waals surface area contributed by atoms with Gasteiger partial charge in [-0.15, -0.1) is 0 Å². The van der Waals surface area contributed by atoms with E-state index in [-0.39, 0.29) is 0 Å². The fraction of sp³-hybridized carbons (Fsp3) is 0.538. The van der Waals surface area contributed by atoms with Crippen molar-refractivity contribution in [3.05, 3.63) is 28.8 Å². The van der Waals surface area contributed by atoms with Crippen molar-refractivity contribution in [1.82, 2.24) is 5.32 Å². The summed E-state index contributed by atoms with van der Waals surface area (Å²) >= 11 is 4.17. The molecule has 1 aromatic carbocycles. The zero-order valence-electron chi connectivity index (χ0n) is 10.3. The van der Waals surface area contributed by atoms with E-state index in [2.05, 4.69) is 43.9 Å². The van der Waals surface area contributed by atoms with Gasteiger partial charge in [0.1, 0.15) is 5.75 Å². The van der Waals surface area contributed by atoms with Gasteiger partial charge in [0.25, 0.3) is 0 Å². The molecule has 90 valence electrons. The molecule has 0 saturated heterocycles. The van der Waals surface area contributed by atoms with Gasteiger partial charge in [-0.05, 0) is 49.6 Å². The fourth-order valence-electron chi connectivity index (χ4n) is 1.88. The lowest BCUT2D eigenvalue weighted by molar-refractivity contribution is 0.408. The highest BCUT2D eigenvalue weighted by atomic mass is 32.1. The highest BCUT2D eigenvalue weighted by Crippen LogP contribution is 2.24. The van der Waals surface area contributed by atoms with Gasteiger partial charge in [-0.1, -0.05) is 6.07 Å². The predicted molar refractivity (Wildman–Crippen MR) is 72.9 cm³/mol. The van der Waals surface area contributed by atoms with Crippen molar-refractivity contribution in [3.63, 3.8) is 0 Å². The quantitative estimate of drug-likeness (QED) is 0.587. The number of thiol groups is 1. The van der Waals surface area contributed by atoms with Crippen molar-refractivity contribution in [1.29, 1.82) is 0 Å². The highest BCUT2D eigenvalue weighted by Gasteiger charge is 2.06. The molecule has 1 N–H and O–H groups in total. The average Bonchev–Trinajstić information content (AvgIpc) is 2.26. The molecule has 0 spiro atoms. The molecule has 0 bridgehead atoms. The van der Waals surface area contributed by atoms with Crippen molar-refractivity contribution < 1.29 is 4.74 Å². The molecule has 1 aromatic rings. The number of benzene rings is 1. The maximum Gasteiger partial charge on any atom is 0.122 e. The lowest BCUT2D eigenvalue weighted by Crippen LogP contribution is -2.20. The van der Waals surface area contributed by atoms with Crippen molar-refractivity contribution in [3.8, 4) is 5.75 Å². The molecule has 0 aliphatic carbocycles. The Kier molecular flexibility index (Phi) is 5.71. The van der Waals surface area contributed by atoms with Gasteiger partial charge in [0.05, 0.1) is 7.11 Å². The van der Waals surface area contributed by atoms with E-state index in [4.69, 9.17) is 4.74 Å². The van der Waals surface area contributed by atoms with E-state index in [0.29, 0.717) is 0 Å². The molecule has 0 radical (unpaired) electrons. The normalized spacial score (nSPS) is 10.5. The monoisotopic (exact) mass is 239 g/mol. The van der Waals surface area contributed by atoms with E-state index in [0.717, 1.165) is 31.0 Å². The number of hydrogen-bond acceptors (Lipinski definition) is 3. The molecule has 0 unspecified atom stereocenters. The van der Waals surface area contributed by atoms with Gasteiger partial charge in [0.15, 0.2) is 0 Å². The topological polar surface area (TPSA) is 21.3 Å². The number of hydrogen-bond donors (Lipinski definition) is 2. The molecule has 0 fully saturated rings. The zero-order chi connectivity index (χ0) is 12.0. The summed E-state index contributed by atoms with van der Waals surface area (Å²) in [5, 5.41) is 3.34. The molecule has 0 amide bonds. The average molecular weight is 239 g/mol. The molecule has 0 aromatic heterocycles. The van der Waals surface area contributed by atoms with E-state index in [1.165, 1.54) is 16.7 Å². The highest BCUT2D eigenvalue weighted by molar-refractivity contribution is 7.80. The standard InChI is InChI=1S/C13H21NOS/c1-10-8-11(2)12(13(9-10)15-3)4-5-14-6-7-16/h8-9,14,16H,4-7H2,1-3H3. The van der Waals surface area contributed by atoms with Crippen LogP contribution in [0.25, 0.3) is 0 Å². The Labute approximate surface area is 104 Å². The van der Waals surface area contributed by atoms with Gasteiger partial charge in [0.2, 0.25) is 0 Å². The summed E-state index contributed by atoms with van der Waals surface area (Å²) in [4.78, 5) is 0. The minimum Gasteiger partial charge on any atom is -0.496 e. The van der Waals surface area contributed by atoms with Crippen LogP contribution in [-0.2, 0) is 6.42 Å². The summed E-state index contributed by atoms with van der Waals surface area (Å²) in [6.45, 7) is 6.17. The van der Waals surface area contributed by atoms with Gasteiger partial charge >= 0.3 is 0 Å². The van der Waals surface area contributed by atoms with Crippen LogP contribution >= 0.6 is 12.6 Å². The smallest absolute Gasteiger partial charge is 0.122 e. The first-order chi connectivity index (χ1) is 7.69. The third kappa shape index (κ3) is 3.72. The van der Waals surface area contributed by atoms with Crippen LogP contribution in [0.4, 0.5) is 0 Å². The Morgan fingerprint density at radius 3 is 2.62 bits per heavy atom. The van der Waals surface area contributed by atoms with Crippen LogP contribution < -0.4 is 10.1 Å². The van der Waals surface area contributed by atoms with E-state index in [1.54, 1.807) is 7.11 Å². The SMILES string of the molecule is COc1cc(C)cc(C)c1CCNCCS. The van der Waals surface area contributed by atoms with Gasteiger partial charge in [-0.25, -0.2) is 0 Å². The first-order valence-electron chi connectivity index (χ1n) is 5.64. The Morgan fingerprint density at radius 2 is 2.00 bits per heavy atom. The summed E-state index contributed by atoms with van der Waals surface area (Å²) < 4.78 is 5.42. The van der Waals surface area contributed by atoms with Crippen molar-refractivity contribution in [2.45, 2.75) is 20.3 Å². The van der Waals surface area contributed by atoms with Gasteiger partial charge < -0.3 is 10.1 Å². The van der Waals surface area contributed by atoms with Gasteiger partial charge in [-0.2, -0.15) is 12.6 Å². The van der Waals surface area contributed by atoms with Crippen LogP contribution in [0.15, 0.2) is 12.1 Å². The molecule has 0 saturated carbocycles. The first kappa shape index (κ1) is 13.4. The van der Waals surface area contributed by atoms with Crippen molar-refractivity contribution >= 4 is 12.6 Å². The Hall–Kier alpha value is -0.670. The number of aryl methyl sites for hydroxylation is 2. The second-order valence-electron chi connectivity index (χ2n) is 3.99. The van der Waals surface area contributed by atoms with Crippen LogP contribution in [0.1, 0.15) is 16.7 Å². The third-order valence-corrected chi connectivity index (χ3v) is 2.86. The lowest BCUT2D eigenvalue weighted by Gasteiger charge is -2.13. The molecule has 2 nitrogen and oxygen atoms in total. The number of nitrogens with one attached hydrogen (secondary N) is 1. The summed E-state index contributed by atoms with van der Waals surface area (Å²) in [6.07, 6.45) is 1.00. The van der Waals surface area contributed by atoms with Crippen LogP contribution in [0.2, 0.25) is 0 Å². The van der Waals surface area contributed by atoms with Crippen LogP contribution in [0.5, 0.6) is 5.75 Å². The van der Waals surface area contributed by atoms with Crippen molar-refractivity contribution in [2.75, 3.05) is 26.0 Å². The van der Waals surface area contributed by atoms with Gasteiger partial charge in [0, 0.05) is 12.3 Å². The molecule has 1 rings (SSSR count). The second kappa shape index (κ2) is 6.81. The van der Waals surface area contributed by atoms with E-state index in [1.807, 2.05) is 0 Å². The lowest BCUT2D eigenvalue weighted by atomic mass is 10.0. The maximum absolute atomic E-state index is 5.42.